The van der Waals surface area contributed by atoms with E-state index in [-0.39, 0.29) is 22.6 Å². The Kier molecular flexibility index (Phi) is 11.9. The highest BCUT2D eigenvalue weighted by atomic mass is 16.8. The summed E-state index contributed by atoms with van der Waals surface area (Å²) < 4.78 is 39.6. The summed E-state index contributed by atoms with van der Waals surface area (Å²) in [7, 11) is 0. The SMILES string of the molecule is O=c1c(O[C@@H]2O[C@H](CO)[C@H](O)[C@H](O)[C@@H]2O[C@@H]2O[C@H](CO)[C@H](O)[C@H](O)[C@@H]2O)c(-c2ccc(O)cc2)oc2cc(O[C@@H]3O[C@H](CO)[C@@H](O)[C@H](O)[C@H]3O)cc(O)c12. The molecule has 21 nitrogen and oxygen atoms in total. The van der Waals surface area contributed by atoms with E-state index in [4.69, 9.17) is 32.8 Å². The highest BCUT2D eigenvalue weighted by Gasteiger charge is 2.52. The van der Waals surface area contributed by atoms with Gasteiger partial charge in [0.05, 0.1) is 19.8 Å². The zero-order chi connectivity index (χ0) is 39.2. The zero-order valence-corrected chi connectivity index (χ0v) is 27.8. The van der Waals surface area contributed by atoms with Crippen LogP contribution in [-0.2, 0) is 18.9 Å². The van der Waals surface area contributed by atoms with Gasteiger partial charge in [0.2, 0.25) is 23.8 Å². The second kappa shape index (κ2) is 16.2. The monoisotopic (exact) mass is 772 g/mol. The molecule has 54 heavy (non-hydrogen) atoms. The number of hydrogen-bond acceptors (Lipinski definition) is 21. The molecule has 15 atom stereocenters. The second-order valence-electron chi connectivity index (χ2n) is 12.9. The van der Waals surface area contributed by atoms with Crippen molar-refractivity contribution in [2.24, 2.45) is 0 Å². The third kappa shape index (κ3) is 7.45. The molecule has 6 rings (SSSR count). The van der Waals surface area contributed by atoms with Gasteiger partial charge < -0.3 is 99.2 Å². The van der Waals surface area contributed by atoms with Crippen molar-refractivity contribution >= 4 is 11.0 Å². The average Bonchev–Trinajstić information content (AvgIpc) is 3.15. The van der Waals surface area contributed by atoms with Gasteiger partial charge in [-0.05, 0) is 24.3 Å². The molecule has 0 bridgehead atoms. The van der Waals surface area contributed by atoms with Gasteiger partial charge >= 0.3 is 0 Å². The van der Waals surface area contributed by atoms with E-state index in [1.54, 1.807) is 0 Å². The number of aliphatic hydroxyl groups excluding tert-OH is 11. The van der Waals surface area contributed by atoms with Crippen molar-refractivity contribution in [3.63, 3.8) is 0 Å². The third-order valence-electron chi connectivity index (χ3n) is 9.33. The van der Waals surface area contributed by atoms with E-state index in [1.807, 2.05) is 0 Å². The van der Waals surface area contributed by atoms with Crippen LogP contribution in [0.2, 0.25) is 0 Å². The summed E-state index contributed by atoms with van der Waals surface area (Å²) in [5.41, 5.74) is -1.38. The fraction of sp³-hybridized carbons (Fsp3) is 0.545. The molecular formula is C33H40O21. The van der Waals surface area contributed by atoms with Crippen LogP contribution in [0.15, 0.2) is 45.6 Å². The number of benzene rings is 2. The lowest BCUT2D eigenvalue weighted by atomic mass is 9.97. The minimum absolute atomic E-state index is 0.0723. The van der Waals surface area contributed by atoms with Crippen LogP contribution in [0.5, 0.6) is 23.0 Å². The van der Waals surface area contributed by atoms with Gasteiger partial charge in [0, 0.05) is 17.7 Å². The smallest absolute Gasteiger partial charge is 0.239 e. The molecule has 21 heteroatoms. The zero-order valence-electron chi connectivity index (χ0n) is 27.8. The van der Waals surface area contributed by atoms with E-state index in [0.717, 1.165) is 12.1 Å². The van der Waals surface area contributed by atoms with Gasteiger partial charge in [-0.1, -0.05) is 0 Å². The number of phenols is 2. The van der Waals surface area contributed by atoms with Gasteiger partial charge in [-0.25, -0.2) is 0 Å². The number of ether oxygens (including phenoxy) is 6. The predicted octanol–water partition coefficient (Wildman–Crippen LogP) is -4.95. The van der Waals surface area contributed by atoms with E-state index in [0.29, 0.717) is 0 Å². The van der Waals surface area contributed by atoms with E-state index in [2.05, 4.69) is 0 Å². The van der Waals surface area contributed by atoms with Crippen LogP contribution in [0.25, 0.3) is 22.3 Å². The Labute approximate surface area is 303 Å². The van der Waals surface area contributed by atoms with Crippen LogP contribution in [0, 0.1) is 0 Å². The van der Waals surface area contributed by atoms with E-state index in [1.165, 1.54) is 24.3 Å². The first-order chi connectivity index (χ1) is 25.7. The lowest BCUT2D eigenvalue weighted by molar-refractivity contribution is -0.358. The molecule has 13 N–H and O–H groups in total. The van der Waals surface area contributed by atoms with Gasteiger partial charge in [0.25, 0.3) is 0 Å². The van der Waals surface area contributed by atoms with E-state index >= 15 is 0 Å². The van der Waals surface area contributed by atoms with Crippen molar-refractivity contribution in [1.82, 2.24) is 0 Å². The highest BCUT2D eigenvalue weighted by molar-refractivity contribution is 5.88. The lowest BCUT2D eigenvalue weighted by Crippen LogP contribution is -2.65. The van der Waals surface area contributed by atoms with Crippen LogP contribution in [-0.4, -0.2) is 178 Å². The Bertz CT molecular complexity index is 1800. The first-order valence-corrected chi connectivity index (χ1v) is 16.5. The molecule has 0 amide bonds. The Morgan fingerprint density at radius 2 is 1.11 bits per heavy atom. The molecule has 0 aliphatic carbocycles. The van der Waals surface area contributed by atoms with Gasteiger partial charge in [-0.3, -0.25) is 4.79 Å². The number of rotatable bonds is 10. The maximum Gasteiger partial charge on any atom is 0.239 e. The highest BCUT2D eigenvalue weighted by Crippen LogP contribution is 2.39. The standard InChI is InChI=1S/C33H40O21/c34-7-15-19(39)23(43)26(46)31(50-15)48-12-5-13(38)18-14(6-12)49-28(10-1-3-11(37)4-2-10)29(22(18)42)53-33-30(25(45)21(41)17(9-36)52-33)54-32-27(47)24(44)20(40)16(8-35)51-32/h1-6,15-17,19-21,23-27,30-41,43-47H,7-9H2/t15-,16-,17-,19-,20+,21+,23+,24+,25+,26-,27+,30+,31-,32+,33+/m1/s1. The lowest BCUT2D eigenvalue weighted by Gasteiger charge is -2.45. The normalized spacial score (nSPS) is 37.3. The van der Waals surface area contributed by atoms with Gasteiger partial charge in [-0.15, -0.1) is 0 Å². The fourth-order valence-electron chi connectivity index (χ4n) is 6.28. The molecule has 4 heterocycles. The average molecular weight is 773 g/mol. The molecule has 3 aromatic rings. The molecule has 1 aromatic heterocycles. The van der Waals surface area contributed by atoms with Crippen LogP contribution in [0.3, 0.4) is 0 Å². The molecule has 298 valence electrons. The van der Waals surface area contributed by atoms with Crippen molar-refractivity contribution in [2.45, 2.75) is 92.1 Å². The number of phenolic OH excluding ortho intramolecular Hbond substituents is 2. The van der Waals surface area contributed by atoms with Gasteiger partial charge in [0.15, 0.2) is 18.2 Å². The van der Waals surface area contributed by atoms with Crippen LogP contribution < -0.4 is 14.9 Å². The summed E-state index contributed by atoms with van der Waals surface area (Å²) in [5.74, 6) is -2.38. The summed E-state index contributed by atoms with van der Waals surface area (Å²) in [6.45, 7) is -2.48. The maximum absolute atomic E-state index is 14.2. The number of aromatic hydroxyl groups is 2. The third-order valence-corrected chi connectivity index (χ3v) is 9.33. The van der Waals surface area contributed by atoms with Crippen molar-refractivity contribution in [3.8, 4) is 34.3 Å². The van der Waals surface area contributed by atoms with Crippen LogP contribution >= 0.6 is 0 Å². The summed E-state index contributed by atoms with van der Waals surface area (Å²) in [6.07, 6.45) is -26.7. The Balaban J connectivity index is 1.41. The number of fused-ring (bicyclic) bond motifs is 1. The molecule has 2 aromatic carbocycles. The molecule has 0 saturated carbocycles. The van der Waals surface area contributed by atoms with Gasteiger partial charge in [0.1, 0.15) is 95.4 Å². The molecule has 0 spiro atoms. The first-order valence-electron chi connectivity index (χ1n) is 16.5. The van der Waals surface area contributed by atoms with Crippen LogP contribution in [0.1, 0.15) is 0 Å². The molecule has 0 unspecified atom stereocenters. The predicted molar refractivity (Wildman–Crippen MR) is 173 cm³/mol. The molecule has 3 fully saturated rings. The minimum atomic E-state index is -2.01. The number of hydrogen-bond donors (Lipinski definition) is 13. The summed E-state index contributed by atoms with van der Waals surface area (Å²) in [6, 6.07) is 7.07. The van der Waals surface area contributed by atoms with Crippen LogP contribution in [0.4, 0.5) is 0 Å². The fourth-order valence-corrected chi connectivity index (χ4v) is 6.28. The molecule has 0 radical (unpaired) electrons. The molecule has 3 saturated heterocycles. The quantitative estimate of drug-likeness (QED) is 0.0918. The van der Waals surface area contributed by atoms with Crippen molar-refractivity contribution < 1.29 is 99.2 Å². The Hall–Kier alpha value is -3.75. The molecule has 3 aliphatic rings. The Morgan fingerprint density at radius 1 is 0.593 bits per heavy atom. The largest absolute Gasteiger partial charge is 0.508 e. The second-order valence-corrected chi connectivity index (χ2v) is 12.9. The summed E-state index contributed by atoms with van der Waals surface area (Å²) in [5, 5.41) is 133. The minimum Gasteiger partial charge on any atom is -0.508 e. The summed E-state index contributed by atoms with van der Waals surface area (Å²) in [4.78, 5) is 14.2. The van der Waals surface area contributed by atoms with Gasteiger partial charge in [-0.2, -0.15) is 0 Å². The first kappa shape index (κ1) is 39.9. The topological polar surface area (TPSA) is 349 Å². The Morgan fingerprint density at radius 3 is 1.69 bits per heavy atom. The van der Waals surface area contributed by atoms with Crippen molar-refractivity contribution in [2.75, 3.05) is 19.8 Å². The number of aliphatic hydroxyl groups is 11. The van der Waals surface area contributed by atoms with Crippen molar-refractivity contribution in [3.05, 3.63) is 46.6 Å². The van der Waals surface area contributed by atoms with E-state index in [9.17, 15) is 71.2 Å². The van der Waals surface area contributed by atoms with E-state index < -0.39 is 140 Å². The summed E-state index contributed by atoms with van der Waals surface area (Å²) >= 11 is 0. The van der Waals surface area contributed by atoms with Crippen molar-refractivity contribution in [1.29, 1.82) is 0 Å². The maximum atomic E-state index is 14.2. The molecule has 3 aliphatic heterocycles. The molecular weight excluding hydrogens is 732 g/mol.